The summed E-state index contributed by atoms with van der Waals surface area (Å²) in [6.07, 6.45) is 14.0. The van der Waals surface area contributed by atoms with Crippen molar-refractivity contribution in [1.82, 2.24) is 10.2 Å². The van der Waals surface area contributed by atoms with Crippen molar-refractivity contribution in [3.63, 3.8) is 0 Å². The van der Waals surface area contributed by atoms with Gasteiger partial charge in [0.05, 0.1) is 6.61 Å². The van der Waals surface area contributed by atoms with Gasteiger partial charge in [-0.2, -0.15) is 0 Å². The number of aryl methyl sites for hydroxylation is 1. The number of hydrogen-bond acceptors (Lipinski definition) is 4. The third kappa shape index (κ3) is 6.28. The molecule has 160 valence electrons. The number of unbranched alkanes of at least 4 members (excludes halogenated alkanes) is 2. The zero-order valence-corrected chi connectivity index (χ0v) is 19.4. The predicted molar refractivity (Wildman–Crippen MR) is 124 cm³/mol. The Morgan fingerprint density at radius 1 is 0.966 bits per heavy atom. The fourth-order valence-corrected chi connectivity index (χ4v) is 5.49. The molecule has 1 fully saturated rings. The van der Waals surface area contributed by atoms with Crippen LogP contribution in [0.3, 0.4) is 0 Å². The van der Waals surface area contributed by atoms with Gasteiger partial charge in [0.1, 0.15) is 15.8 Å². The molecule has 0 bridgehead atoms. The molecule has 1 aliphatic rings. The second kappa shape index (κ2) is 11.7. The minimum Gasteiger partial charge on any atom is -0.494 e. The van der Waals surface area contributed by atoms with E-state index in [1.54, 1.807) is 11.3 Å². The predicted octanol–water partition coefficient (Wildman–Crippen LogP) is 7.80. The molecule has 0 radical (unpaired) electrons. The summed E-state index contributed by atoms with van der Waals surface area (Å²) in [6.45, 7) is 7.44. The average Bonchev–Trinajstić information content (AvgIpc) is 3.21. The van der Waals surface area contributed by atoms with Crippen molar-refractivity contribution < 1.29 is 4.74 Å². The van der Waals surface area contributed by atoms with Crippen LogP contribution in [0.15, 0.2) is 18.2 Å². The van der Waals surface area contributed by atoms with Crippen molar-refractivity contribution in [2.24, 2.45) is 5.92 Å². The van der Waals surface area contributed by atoms with Crippen LogP contribution in [0.5, 0.6) is 5.75 Å². The Labute approximate surface area is 181 Å². The highest BCUT2D eigenvalue weighted by atomic mass is 32.1. The number of ether oxygens (including phenoxy) is 1. The fourth-order valence-electron chi connectivity index (χ4n) is 4.51. The Kier molecular flexibility index (Phi) is 8.97. The summed E-state index contributed by atoms with van der Waals surface area (Å²) in [5, 5.41) is 11.2. The summed E-state index contributed by atoms with van der Waals surface area (Å²) in [7, 11) is 0. The van der Waals surface area contributed by atoms with E-state index in [9.17, 15) is 0 Å². The van der Waals surface area contributed by atoms with Crippen molar-refractivity contribution in [2.45, 2.75) is 97.3 Å². The van der Waals surface area contributed by atoms with Crippen LogP contribution < -0.4 is 4.74 Å². The van der Waals surface area contributed by atoms with Gasteiger partial charge in [-0.05, 0) is 74.1 Å². The number of hydrogen-bond donors (Lipinski definition) is 0. The minimum atomic E-state index is 0.621. The first-order valence-corrected chi connectivity index (χ1v) is 12.7. The first-order valence-electron chi connectivity index (χ1n) is 11.8. The van der Waals surface area contributed by atoms with E-state index in [0.29, 0.717) is 5.92 Å². The molecule has 0 saturated heterocycles. The van der Waals surface area contributed by atoms with E-state index in [2.05, 4.69) is 49.2 Å². The van der Waals surface area contributed by atoms with Crippen LogP contribution in [0.25, 0.3) is 10.6 Å². The summed E-state index contributed by atoms with van der Waals surface area (Å²) in [5.41, 5.74) is 2.72. The van der Waals surface area contributed by atoms with Gasteiger partial charge in [-0.3, -0.25) is 0 Å². The Balaban J connectivity index is 1.77. The molecule has 3 rings (SSSR count). The number of benzene rings is 1. The van der Waals surface area contributed by atoms with Crippen molar-refractivity contribution in [3.8, 4) is 16.3 Å². The van der Waals surface area contributed by atoms with Gasteiger partial charge in [-0.25, -0.2) is 0 Å². The molecular formula is C25H38N2OS. The lowest BCUT2D eigenvalue weighted by Gasteiger charge is -2.30. The second-order valence-electron chi connectivity index (χ2n) is 8.56. The zero-order chi connectivity index (χ0) is 20.5. The van der Waals surface area contributed by atoms with E-state index in [1.807, 2.05) is 0 Å². The highest BCUT2D eigenvalue weighted by molar-refractivity contribution is 7.14. The highest BCUT2D eigenvalue weighted by Crippen LogP contribution is 2.43. The standard InChI is InChI=1S/C25H38N2OS/c1-4-7-8-10-19-11-13-20(14-12-19)23-18-21(28-17-6-3)15-16-22(23)25-27-26-24(29-25)9-5-2/h15-16,18-20H,4-14,17H2,1-3H3. The molecule has 0 unspecified atom stereocenters. The molecule has 29 heavy (non-hydrogen) atoms. The van der Waals surface area contributed by atoms with E-state index >= 15 is 0 Å². The third-order valence-electron chi connectivity index (χ3n) is 6.16. The average molecular weight is 415 g/mol. The molecule has 0 aliphatic heterocycles. The zero-order valence-electron chi connectivity index (χ0n) is 18.6. The van der Waals surface area contributed by atoms with Crippen LogP contribution in [-0.2, 0) is 6.42 Å². The smallest absolute Gasteiger partial charge is 0.148 e. The van der Waals surface area contributed by atoms with Gasteiger partial charge in [0.2, 0.25) is 0 Å². The lowest BCUT2D eigenvalue weighted by molar-refractivity contribution is 0.300. The fraction of sp³-hybridized carbons (Fsp3) is 0.680. The molecule has 2 aromatic rings. The maximum atomic E-state index is 5.98. The van der Waals surface area contributed by atoms with E-state index < -0.39 is 0 Å². The quantitative estimate of drug-likeness (QED) is 0.352. The Hall–Kier alpha value is -1.42. The van der Waals surface area contributed by atoms with Crippen LogP contribution in [0, 0.1) is 5.92 Å². The Morgan fingerprint density at radius 2 is 1.79 bits per heavy atom. The van der Waals surface area contributed by atoms with Crippen molar-refractivity contribution in [2.75, 3.05) is 6.61 Å². The second-order valence-corrected chi connectivity index (χ2v) is 9.62. The normalized spacial score (nSPS) is 19.4. The number of nitrogens with zero attached hydrogens (tertiary/aromatic N) is 2. The Morgan fingerprint density at radius 3 is 2.52 bits per heavy atom. The molecule has 4 heteroatoms. The molecule has 1 aromatic heterocycles. The monoisotopic (exact) mass is 414 g/mol. The lowest BCUT2D eigenvalue weighted by atomic mass is 9.76. The van der Waals surface area contributed by atoms with Crippen LogP contribution in [0.1, 0.15) is 101 Å². The minimum absolute atomic E-state index is 0.621. The van der Waals surface area contributed by atoms with Gasteiger partial charge in [0.25, 0.3) is 0 Å². The largest absolute Gasteiger partial charge is 0.494 e. The molecule has 1 aromatic carbocycles. The van der Waals surface area contributed by atoms with Gasteiger partial charge in [-0.1, -0.05) is 57.8 Å². The van der Waals surface area contributed by atoms with Gasteiger partial charge in [0, 0.05) is 12.0 Å². The summed E-state index contributed by atoms with van der Waals surface area (Å²) >= 11 is 1.76. The highest BCUT2D eigenvalue weighted by Gasteiger charge is 2.25. The summed E-state index contributed by atoms with van der Waals surface area (Å²) in [5.74, 6) is 2.56. The molecule has 0 atom stereocenters. The SMILES string of the molecule is CCCCCC1CCC(c2cc(OCCC)ccc2-c2nnc(CCC)s2)CC1. The van der Waals surface area contributed by atoms with E-state index in [0.717, 1.165) is 47.6 Å². The first kappa shape index (κ1) is 22.3. The van der Waals surface area contributed by atoms with Crippen LogP contribution in [-0.4, -0.2) is 16.8 Å². The molecule has 0 spiro atoms. The van der Waals surface area contributed by atoms with Crippen molar-refractivity contribution in [3.05, 3.63) is 28.8 Å². The molecule has 1 saturated carbocycles. The molecule has 1 aliphatic carbocycles. The number of aromatic nitrogens is 2. The molecule has 0 amide bonds. The summed E-state index contributed by atoms with van der Waals surface area (Å²) in [6, 6.07) is 6.64. The van der Waals surface area contributed by atoms with Crippen LogP contribution in [0.2, 0.25) is 0 Å². The van der Waals surface area contributed by atoms with Gasteiger partial charge in [0.15, 0.2) is 0 Å². The molecule has 3 nitrogen and oxygen atoms in total. The molecule has 0 N–H and O–H groups in total. The van der Waals surface area contributed by atoms with Crippen molar-refractivity contribution in [1.29, 1.82) is 0 Å². The van der Waals surface area contributed by atoms with E-state index in [4.69, 9.17) is 4.74 Å². The molecular weight excluding hydrogens is 376 g/mol. The number of rotatable bonds is 11. The van der Waals surface area contributed by atoms with E-state index in [1.165, 1.54) is 62.5 Å². The van der Waals surface area contributed by atoms with Crippen molar-refractivity contribution >= 4 is 11.3 Å². The maximum absolute atomic E-state index is 5.98. The third-order valence-corrected chi connectivity index (χ3v) is 7.18. The van der Waals surface area contributed by atoms with Crippen LogP contribution >= 0.6 is 11.3 Å². The molecule has 1 heterocycles. The maximum Gasteiger partial charge on any atom is 0.148 e. The Bertz CT molecular complexity index is 734. The summed E-state index contributed by atoms with van der Waals surface area (Å²) in [4.78, 5) is 0. The summed E-state index contributed by atoms with van der Waals surface area (Å²) < 4.78 is 5.98. The topological polar surface area (TPSA) is 35.0 Å². The van der Waals surface area contributed by atoms with Crippen LogP contribution in [0.4, 0.5) is 0 Å². The van der Waals surface area contributed by atoms with Gasteiger partial charge in [-0.15, -0.1) is 10.2 Å². The van der Waals surface area contributed by atoms with E-state index in [-0.39, 0.29) is 0 Å². The first-order chi connectivity index (χ1) is 14.2. The lowest BCUT2D eigenvalue weighted by Crippen LogP contribution is -2.14. The van der Waals surface area contributed by atoms with Gasteiger partial charge < -0.3 is 4.74 Å². The van der Waals surface area contributed by atoms with Gasteiger partial charge >= 0.3 is 0 Å².